The molecule has 2 aliphatic rings. The highest BCUT2D eigenvalue weighted by Crippen LogP contribution is 2.37. The van der Waals surface area contributed by atoms with E-state index in [9.17, 15) is 13.2 Å². The van der Waals surface area contributed by atoms with Crippen LogP contribution in [0.15, 0.2) is 47.0 Å². The molecule has 0 spiro atoms. The molecule has 0 saturated heterocycles. The van der Waals surface area contributed by atoms with Gasteiger partial charge in [0, 0.05) is 14.2 Å². The maximum absolute atomic E-state index is 13.1. The number of anilines is 1. The van der Waals surface area contributed by atoms with Crippen LogP contribution in [0.25, 0.3) is 0 Å². The number of pyridine rings is 1. The lowest BCUT2D eigenvalue weighted by molar-refractivity contribution is 0.0955. The average molecular weight is 363 g/mol. The topological polar surface area (TPSA) is 88.6 Å². The fourth-order valence-corrected chi connectivity index (χ4v) is 4.43. The molecule has 1 aromatic heterocycles. The number of hydrogen-bond donors (Lipinski definition) is 1. The summed E-state index contributed by atoms with van der Waals surface area (Å²) in [4.78, 5) is 16.3. The van der Waals surface area contributed by atoms with Gasteiger partial charge in [0.25, 0.3) is 15.9 Å². The third-order valence-electron chi connectivity index (χ3n) is 3.88. The molecule has 2 heterocycles. The summed E-state index contributed by atoms with van der Waals surface area (Å²) >= 11 is 0. The maximum atomic E-state index is 13.1. The Balaban J connectivity index is 0.00000243. The summed E-state index contributed by atoms with van der Waals surface area (Å²) in [5.41, 5.74) is 1.80. The summed E-state index contributed by atoms with van der Waals surface area (Å²) in [7, 11) is -3.82. The molecule has 3 rings (SSSR count). The van der Waals surface area contributed by atoms with Gasteiger partial charge in [0.05, 0.1) is 17.0 Å². The van der Waals surface area contributed by atoms with Gasteiger partial charge in [-0.3, -0.25) is 9.10 Å². The van der Waals surface area contributed by atoms with Crippen LogP contribution in [0.4, 0.5) is 5.69 Å². The summed E-state index contributed by atoms with van der Waals surface area (Å²) in [6.07, 6.45) is 4.69. The first kappa shape index (κ1) is 17.2. The SMILES string of the molecule is C=C1C=C(C)C=C1S(=O)(=O)N1CCOc2ncc(C(=O)NCC)cc21.[HH]. The van der Waals surface area contributed by atoms with Crippen LogP contribution in [-0.4, -0.2) is 39.0 Å². The van der Waals surface area contributed by atoms with Gasteiger partial charge in [-0.1, -0.05) is 12.7 Å². The minimum atomic E-state index is -3.82. The van der Waals surface area contributed by atoms with Gasteiger partial charge in [-0.15, -0.1) is 0 Å². The second-order valence-electron chi connectivity index (χ2n) is 5.76. The molecule has 0 atom stereocenters. The van der Waals surface area contributed by atoms with Crippen molar-refractivity contribution in [3.05, 3.63) is 52.6 Å². The average Bonchev–Trinajstić information content (AvgIpc) is 2.93. The lowest BCUT2D eigenvalue weighted by Gasteiger charge is -2.30. The smallest absolute Gasteiger partial charge is 0.265 e. The van der Waals surface area contributed by atoms with Gasteiger partial charge in [-0.25, -0.2) is 13.4 Å². The van der Waals surface area contributed by atoms with Crippen molar-refractivity contribution in [2.75, 3.05) is 24.0 Å². The fourth-order valence-electron chi connectivity index (χ4n) is 2.76. The summed E-state index contributed by atoms with van der Waals surface area (Å²) in [6, 6.07) is 1.49. The molecule has 1 aliphatic carbocycles. The van der Waals surface area contributed by atoms with Gasteiger partial charge in [0.15, 0.2) is 0 Å². The van der Waals surface area contributed by atoms with Crippen molar-refractivity contribution in [1.82, 2.24) is 10.3 Å². The predicted octanol–water partition coefficient (Wildman–Crippen LogP) is 2.01. The second kappa shape index (κ2) is 6.36. The largest absolute Gasteiger partial charge is 0.474 e. The van der Waals surface area contributed by atoms with E-state index in [4.69, 9.17) is 4.74 Å². The molecular formula is C17H21N3O4S. The Morgan fingerprint density at radius 1 is 1.48 bits per heavy atom. The Kier molecular flexibility index (Phi) is 4.38. The number of aromatic nitrogens is 1. The molecule has 1 aromatic rings. The fraction of sp³-hybridized carbons (Fsp3) is 0.294. The second-order valence-corrected chi connectivity index (χ2v) is 7.59. The molecular weight excluding hydrogens is 342 g/mol. The number of amides is 1. The van der Waals surface area contributed by atoms with Crippen molar-refractivity contribution in [1.29, 1.82) is 0 Å². The third kappa shape index (κ3) is 3.05. The molecule has 0 aromatic carbocycles. The van der Waals surface area contributed by atoms with E-state index in [0.717, 1.165) is 5.57 Å². The van der Waals surface area contributed by atoms with Crippen molar-refractivity contribution < 1.29 is 19.4 Å². The lowest BCUT2D eigenvalue weighted by Crippen LogP contribution is -2.39. The van der Waals surface area contributed by atoms with E-state index in [2.05, 4.69) is 16.9 Å². The monoisotopic (exact) mass is 363 g/mol. The van der Waals surface area contributed by atoms with E-state index < -0.39 is 10.0 Å². The first-order chi connectivity index (χ1) is 11.8. The molecule has 8 heteroatoms. The number of hydrogen-bond acceptors (Lipinski definition) is 5. The highest BCUT2D eigenvalue weighted by Gasteiger charge is 2.34. The zero-order valence-electron chi connectivity index (χ0n) is 14.1. The highest BCUT2D eigenvalue weighted by molar-refractivity contribution is 7.96. The van der Waals surface area contributed by atoms with E-state index >= 15 is 0 Å². The summed E-state index contributed by atoms with van der Waals surface area (Å²) in [5, 5.41) is 2.67. The van der Waals surface area contributed by atoms with E-state index in [0.29, 0.717) is 12.1 Å². The van der Waals surface area contributed by atoms with Crippen molar-refractivity contribution in [3.8, 4) is 5.88 Å². The van der Waals surface area contributed by atoms with E-state index in [1.165, 1.54) is 16.6 Å². The van der Waals surface area contributed by atoms with E-state index in [1.807, 2.05) is 6.92 Å². The normalized spacial score (nSPS) is 16.7. The van der Waals surface area contributed by atoms with E-state index in [1.54, 1.807) is 19.1 Å². The van der Waals surface area contributed by atoms with Crippen molar-refractivity contribution in [2.24, 2.45) is 0 Å². The third-order valence-corrected chi connectivity index (χ3v) is 5.77. The summed E-state index contributed by atoms with van der Waals surface area (Å²) in [5.74, 6) is -0.125. The number of ether oxygens (including phenoxy) is 1. The number of sulfonamides is 1. The van der Waals surface area contributed by atoms with Gasteiger partial charge in [-0.2, -0.15) is 0 Å². The Labute approximate surface area is 148 Å². The van der Waals surface area contributed by atoms with Crippen molar-refractivity contribution in [2.45, 2.75) is 13.8 Å². The quantitative estimate of drug-likeness (QED) is 0.884. The molecule has 1 aliphatic heterocycles. The number of nitrogens with one attached hydrogen (secondary N) is 1. The molecule has 7 nitrogen and oxygen atoms in total. The molecule has 0 radical (unpaired) electrons. The summed E-state index contributed by atoms with van der Waals surface area (Å²) in [6.45, 7) is 8.22. The van der Waals surface area contributed by atoms with Gasteiger partial charge < -0.3 is 10.1 Å². The zero-order valence-corrected chi connectivity index (χ0v) is 14.9. The van der Waals surface area contributed by atoms with Crippen LogP contribution < -0.4 is 14.4 Å². The molecule has 0 bridgehead atoms. The van der Waals surface area contributed by atoms with E-state index in [-0.39, 0.29) is 42.5 Å². The Hall–Kier alpha value is -2.61. The predicted molar refractivity (Wildman–Crippen MR) is 97.1 cm³/mol. The highest BCUT2D eigenvalue weighted by atomic mass is 32.2. The zero-order chi connectivity index (χ0) is 18.2. The molecule has 25 heavy (non-hydrogen) atoms. The van der Waals surface area contributed by atoms with Crippen molar-refractivity contribution >= 4 is 21.6 Å². The number of carbonyl (C=O) groups excluding carboxylic acids is 1. The molecule has 0 unspecified atom stereocenters. The molecule has 0 fully saturated rings. The van der Waals surface area contributed by atoms with Crippen LogP contribution in [0.2, 0.25) is 0 Å². The number of carbonyl (C=O) groups is 1. The minimum Gasteiger partial charge on any atom is -0.474 e. The first-order valence-electron chi connectivity index (χ1n) is 7.87. The lowest BCUT2D eigenvalue weighted by atomic mass is 10.2. The number of nitrogens with zero attached hydrogens (tertiary/aromatic N) is 2. The van der Waals surface area contributed by atoms with Gasteiger partial charge in [-0.05, 0) is 37.1 Å². The van der Waals surface area contributed by atoms with Gasteiger partial charge in [0.1, 0.15) is 12.3 Å². The molecule has 1 amide bonds. The molecule has 134 valence electrons. The molecule has 0 saturated carbocycles. The van der Waals surface area contributed by atoms with Crippen LogP contribution in [0.3, 0.4) is 0 Å². The van der Waals surface area contributed by atoms with Crippen LogP contribution in [0, 0.1) is 0 Å². The van der Waals surface area contributed by atoms with Gasteiger partial charge >= 0.3 is 0 Å². The van der Waals surface area contributed by atoms with Crippen molar-refractivity contribution in [3.63, 3.8) is 0 Å². The maximum Gasteiger partial charge on any atom is 0.265 e. The van der Waals surface area contributed by atoms with Crippen LogP contribution in [-0.2, 0) is 10.0 Å². The number of allylic oxidation sites excluding steroid dienone is 4. The first-order valence-corrected chi connectivity index (χ1v) is 9.31. The summed E-state index contributed by atoms with van der Waals surface area (Å²) < 4.78 is 32.9. The Morgan fingerprint density at radius 2 is 2.24 bits per heavy atom. The minimum absolute atomic E-state index is 0. The Bertz CT molecular complexity index is 922. The van der Waals surface area contributed by atoms with Gasteiger partial charge in [0.2, 0.25) is 5.88 Å². The van der Waals surface area contributed by atoms with Crippen LogP contribution in [0.5, 0.6) is 5.88 Å². The number of fused-ring (bicyclic) bond motifs is 1. The van der Waals surface area contributed by atoms with Crippen LogP contribution in [0.1, 0.15) is 25.6 Å². The Morgan fingerprint density at radius 3 is 2.88 bits per heavy atom. The number of rotatable bonds is 4. The standard InChI is InChI=1S/C17H19N3O4S.H2/c1-4-18-16(21)13-9-14-17(19-10-13)24-6-5-20(14)25(22,23)15-8-11(2)7-12(15)3;/h7-10H,3-6H2,1-2H3,(H,18,21);1H. The van der Waals surface area contributed by atoms with Crippen LogP contribution >= 0.6 is 0 Å². The molecule has 1 N–H and O–H groups in total.